The molecule has 2 saturated heterocycles. The number of aliphatic hydroxyl groups excluding tert-OH is 1. The number of nitrogens with zero attached hydrogens (tertiary/aromatic N) is 1. The van der Waals surface area contributed by atoms with Gasteiger partial charge in [0.2, 0.25) is 5.91 Å². The van der Waals surface area contributed by atoms with Gasteiger partial charge < -0.3 is 15.2 Å². The second-order valence-electron chi connectivity index (χ2n) is 7.34. The number of aliphatic hydroxyl groups is 1. The number of likely N-dealkylation sites (tertiary alicyclic amines) is 1. The maximum Gasteiger partial charge on any atom is 0.234 e. The van der Waals surface area contributed by atoms with E-state index in [0.29, 0.717) is 13.1 Å². The van der Waals surface area contributed by atoms with Crippen LogP contribution in [-0.2, 0) is 14.9 Å². The van der Waals surface area contributed by atoms with E-state index in [1.165, 1.54) is 5.56 Å². The van der Waals surface area contributed by atoms with Crippen LogP contribution < -0.4 is 5.32 Å². The van der Waals surface area contributed by atoms with E-state index in [9.17, 15) is 9.90 Å². The lowest BCUT2D eigenvalue weighted by molar-refractivity contribution is -0.123. The van der Waals surface area contributed by atoms with Crippen LogP contribution in [-0.4, -0.2) is 61.4 Å². The number of hydrogen-bond donors (Lipinski definition) is 2. The minimum absolute atomic E-state index is 0.0343. The number of rotatable bonds is 6. The summed E-state index contributed by atoms with van der Waals surface area (Å²) in [4.78, 5) is 14.6. The van der Waals surface area contributed by atoms with Gasteiger partial charge in [-0.05, 0) is 37.8 Å². The van der Waals surface area contributed by atoms with Gasteiger partial charge in [0.05, 0.1) is 13.2 Å². The molecule has 2 N–H and O–H groups in total. The number of nitrogens with one attached hydrogen (secondary N) is 1. The van der Waals surface area contributed by atoms with Crippen molar-refractivity contribution in [2.75, 3.05) is 39.5 Å². The number of ether oxygens (including phenoxy) is 1. The summed E-state index contributed by atoms with van der Waals surface area (Å²) in [5, 5.41) is 12.7. The minimum atomic E-state index is -0.0343. The first-order valence-corrected chi connectivity index (χ1v) is 9.48. The number of carbonyl (C=O) groups is 1. The van der Waals surface area contributed by atoms with Crippen molar-refractivity contribution >= 4 is 5.91 Å². The van der Waals surface area contributed by atoms with Crippen LogP contribution in [0.15, 0.2) is 30.3 Å². The van der Waals surface area contributed by atoms with Crippen molar-refractivity contribution in [3.63, 3.8) is 0 Å². The Morgan fingerprint density at radius 1 is 1.24 bits per heavy atom. The molecule has 1 aromatic rings. The Morgan fingerprint density at radius 3 is 2.72 bits per heavy atom. The molecule has 0 aromatic heterocycles. The third kappa shape index (κ3) is 4.60. The second kappa shape index (κ2) is 8.79. The molecule has 2 aliphatic rings. The van der Waals surface area contributed by atoms with Crippen molar-refractivity contribution < 1.29 is 14.6 Å². The first-order valence-electron chi connectivity index (χ1n) is 9.48. The molecule has 138 valence electrons. The van der Waals surface area contributed by atoms with E-state index in [4.69, 9.17) is 4.74 Å². The van der Waals surface area contributed by atoms with Crippen LogP contribution in [0.4, 0.5) is 0 Å². The van der Waals surface area contributed by atoms with E-state index in [1.54, 1.807) is 0 Å². The Morgan fingerprint density at radius 2 is 2.00 bits per heavy atom. The fourth-order valence-corrected chi connectivity index (χ4v) is 4.10. The van der Waals surface area contributed by atoms with E-state index < -0.39 is 0 Å². The molecule has 0 bridgehead atoms. The summed E-state index contributed by atoms with van der Waals surface area (Å²) in [6.45, 7) is 3.55. The monoisotopic (exact) mass is 346 g/mol. The van der Waals surface area contributed by atoms with Gasteiger partial charge in [-0.3, -0.25) is 9.69 Å². The fourth-order valence-electron chi connectivity index (χ4n) is 4.10. The fraction of sp³-hybridized carbons (Fsp3) is 0.650. The molecule has 1 aromatic carbocycles. The van der Waals surface area contributed by atoms with Gasteiger partial charge >= 0.3 is 0 Å². The van der Waals surface area contributed by atoms with Crippen molar-refractivity contribution in [3.05, 3.63) is 35.9 Å². The Kier molecular flexibility index (Phi) is 6.45. The zero-order valence-corrected chi connectivity index (χ0v) is 15.0. The summed E-state index contributed by atoms with van der Waals surface area (Å²) in [5.41, 5.74) is 1.25. The van der Waals surface area contributed by atoms with Crippen LogP contribution in [0.2, 0.25) is 0 Å². The molecule has 0 aliphatic carbocycles. The summed E-state index contributed by atoms with van der Waals surface area (Å²) in [7, 11) is 0. The molecule has 0 spiro atoms. The molecule has 0 radical (unpaired) electrons. The number of carbonyl (C=O) groups excluding carboxylic acids is 1. The van der Waals surface area contributed by atoms with Gasteiger partial charge in [-0.25, -0.2) is 0 Å². The second-order valence-corrected chi connectivity index (χ2v) is 7.34. The predicted molar refractivity (Wildman–Crippen MR) is 97.5 cm³/mol. The molecular weight excluding hydrogens is 316 g/mol. The van der Waals surface area contributed by atoms with Gasteiger partial charge in [0, 0.05) is 31.2 Å². The molecule has 25 heavy (non-hydrogen) atoms. The third-order valence-electron chi connectivity index (χ3n) is 5.77. The molecule has 1 amide bonds. The van der Waals surface area contributed by atoms with Crippen molar-refractivity contribution in [1.29, 1.82) is 0 Å². The third-order valence-corrected chi connectivity index (χ3v) is 5.77. The maximum absolute atomic E-state index is 12.5. The van der Waals surface area contributed by atoms with Crippen LogP contribution in [0, 0.1) is 0 Å². The predicted octanol–water partition coefficient (Wildman–Crippen LogP) is 1.70. The molecule has 2 heterocycles. The topological polar surface area (TPSA) is 61.8 Å². The molecule has 3 rings (SSSR count). The van der Waals surface area contributed by atoms with Crippen molar-refractivity contribution in [2.24, 2.45) is 0 Å². The summed E-state index contributed by atoms with van der Waals surface area (Å²) >= 11 is 0. The quantitative estimate of drug-likeness (QED) is 0.823. The van der Waals surface area contributed by atoms with Gasteiger partial charge in [0.25, 0.3) is 0 Å². The Hall–Kier alpha value is -1.43. The first-order chi connectivity index (χ1) is 12.2. The molecule has 0 saturated carbocycles. The highest BCUT2D eigenvalue weighted by atomic mass is 16.5. The molecular formula is C20H30N2O3. The van der Waals surface area contributed by atoms with Crippen LogP contribution in [0.1, 0.15) is 37.7 Å². The van der Waals surface area contributed by atoms with Crippen LogP contribution in [0.3, 0.4) is 0 Å². The van der Waals surface area contributed by atoms with Crippen LogP contribution >= 0.6 is 0 Å². The normalized spacial score (nSPS) is 24.0. The van der Waals surface area contributed by atoms with Gasteiger partial charge in [-0.15, -0.1) is 0 Å². The summed E-state index contributed by atoms with van der Waals surface area (Å²) in [6.07, 6.45) is 5.09. The summed E-state index contributed by atoms with van der Waals surface area (Å²) < 4.78 is 5.55. The smallest absolute Gasteiger partial charge is 0.234 e. The Bertz CT molecular complexity index is 543. The molecule has 2 aliphatic heterocycles. The molecule has 5 heteroatoms. The number of piperidine rings is 1. The molecule has 1 atom stereocenters. The number of hydrogen-bond acceptors (Lipinski definition) is 4. The SMILES string of the molecule is O=C(CN1CCCC[C@@H]1CO)NCC1(c2ccccc2)CCOCC1. The average molecular weight is 346 g/mol. The highest BCUT2D eigenvalue weighted by Crippen LogP contribution is 2.34. The minimum Gasteiger partial charge on any atom is -0.395 e. The lowest BCUT2D eigenvalue weighted by atomic mass is 9.74. The van der Waals surface area contributed by atoms with Crippen molar-refractivity contribution in [3.8, 4) is 0 Å². The first kappa shape index (κ1) is 18.4. The summed E-state index contributed by atoms with van der Waals surface area (Å²) in [5.74, 6) is 0.0575. The van der Waals surface area contributed by atoms with Gasteiger partial charge in [-0.2, -0.15) is 0 Å². The van der Waals surface area contributed by atoms with E-state index in [0.717, 1.165) is 51.9 Å². The highest BCUT2D eigenvalue weighted by molar-refractivity contribution is 5.78. The Balaban J connectivity index is 1.60. The van der Waals surface area contributed by atoms with E-state index in [2.05, 4.69) is 34.5 Å². The summed E-state index contributed by atoms with van der Waals surface area (Å²) in [6, 6.07) is 10.6. The van der Waals surface area contributed by atoms with Crippen molar-refractivity contribution in [1.82, 2.24) is 10.2 Å². The van der Waals surface area contributed by atoms with E-state index >= 15 is 0 Å². The lowest BCUT2D eigenvalue weighted by Gasteiger charge is -2.38. The zero-order valence-electron chi connectivity index (χ0n) is 15.0. The highest BCUT2D eigenvalue weighted by Gasteiger charge is 2.35. The van der Waals surface area contributed by atoms with E-state index in [-0.39, 0.29) is 24.0 Å². The van der Waals surface area contributed by atoms with Gasteiger partial charge in [-0.1, -0.05) is 36.8 Å². The van der Waals surface area contributed by atoms with Crippen LogP contribution in [0.5, 0.6) is 0 Å². The molecule has 0 unspecified atom stereocenters. The van der Waals surface area contributed by atoms with Gasteiger partial charge in [0.1, 0.15) is 0 Å². The number of amides is 1. The molecule has 2 fully saturated rings. The average Bonchev–Trinajstić information content (AvgIpc) is 2.68. The van der Waals surface area contributed by atoms with Gasteiger partial charge in [0.15, 0.2) is 0 Å². The lowest BCUT2D eigenvalue weighted by Crippen LogP contribution is -2.50. The zero-order chi connectivity index (χ0) is 17.5. The van der Waals surface area contributed by atoms with Crippen LogP contribution in [0.25, 0.3) is 0 Å². The number of benzene rings is 1. The molecule has 5 nitrogen and oxygen atoms in total. The standard InChI is InChI=1S/C20H30N2O3/c23-15-18-8-4-5-11-22(18)14-19(24)21-16-20(9-12-25-13-10-20)17-6-2-1-3-7-17/h1-3,6-7,18,23H,4-5,8-16H2,(H,21,24)/t18-/m1/s1. The largest absolute Gasteiger partial charge is 0.395 e. The van der Waals surface area contributed by atoms with E-state index in [1.807, 2.05) is 6.07 Å². The van der Waals surface area contributed by atoms with Crippen molar-refractivity contribution in [2.45, 2.75) is 43.6 Å². The Labute approximate surface area is 150 Å². The maximum atomic E-state index is 12.5.